The van der Waals surface area contributed by atoms with Gasteiger partial charge in [-0.1, -0.05) is 23.7 Å². The highest BCUT2D eigenvalue weighted by atomic mass is 35.5. The summed E-state index contributed by atoms with van der Waals surface area (Å²) in [6.07, 6.45) is 2.31. The van der Waals surface area contributed by atoms with Crippen molar-refractivity contribution >= 4 is 51.9 Å². The lowest BCUT2D eigenvalue weighted by Gasteiger charge is -2.15. The van der Waals surface area contributed by atoms with E-state index < -0.39 is 5.97 Å². The molecule has 0 spiro atoms. The summed E-state index contributed by atoms with van der Waals surface area (Å²) in [7, 11) is 5.37. The van der Waals surface area contributed by atoms with E-state index in [1.54, 1.807) is 80.8 Å². The minimum absolute atomic E-state index is 0.109. The number of ether oxygens (including phenoxy) is 1. The normalized spacial score (nSPS) is 14.2. The molecule has 0 saturated carbocycles. The number of aromatic amines is 1. The van der Waals surface area contributed by atoms with Crippen molar-refractivity contribution in [2.24, 2.45) is 0 Å². The van der Waals surface area contributed by atoms with Gasteiger partial charge >= 0.3 is 0 Å². The van der Waals surface area contributed by atoms with Crippen LogP contribution in [-0.4, -0.2) is 93.5 Å². The number of nitrogen functional groups attached to an aromatic ring is 1. The van der Waals surface area contributed by atoms with Crippen molar-refractivity contribution in [1.29, 1.82) is 0 Å². The number of para-hydroxylation sites is 1. The Hall–Kier alpha value is -5.66. The number of carboxylic acids is 1. The van der Waals surface area contributed by atoms with Crippen LogP contribution in [0.3, 0.4) is 0 Å². The fourth-order valence-electron chi connectivity index (χ4n) is 5.41. The van der Waals surface area contributed by atoms with Gasteiger partial charge in [0.05, 0.1) is 33.7 Å². The van der Waals surface area contributed by atoms with Crippen molar-refractivity contribution in [3.05, 3.63) is 100 Å². The van der Waals surface area contributed by atoms with Gasteiger partial charge in [0, 0.05) is 56.1 Å². The number of nitrogens with zero attached hydrogens (tertiary/aromatic N) is 4. The van der Waals surface area contributed by atoms with Gasteiger partial charge in [-0.15, -0.1) is 0 Å². The molecule has 0 bridgehead atoms. The van der Waals surface area contributed by atoms with Crippen molar-refractivity contribution in [2.75, 3.05) is 40.0 Å². The molecule has 1 saturated heterocycles. The highest BCUT2D eigenvalue weighted by Crippen LogP contribution is 2.32. The number of likely N-dealkylation sites (N-methyl/N-ethyl adjacent to an activating group) is 1. The molecule has 1 unspecified atom stereocenters. The van der Waals surface area contributed by atoms with Crippen molar-refractivity contribution in [3.63, 3.8) is 0 Å². The maximum Gasteiger partial charge on any atom is 0.300 e. The van der Waals surface area contributed by atoms with Gasteiger partial charge in [-0.25, -0.2) is 4.68 Å². The molecule has 5 aromatic rings. The largest absolute Gasteiger partial charge is 0.481 e. The number of carbonyl (C=O) groups excluding carboxylic acids is 3. The Morgan fingerprint density at radius 3 is 2.47 bits per heavy atom. The SMILES string of the molecule is CC(=O)O.CN1CCC(NC(=O)c2ccc3[nH]c(C(=O)c4cnn(-c5ccc(Oc6ccccc6C(=O)N(C)C)cc5Cl)c4N)cc3c2)C1. The number of amides is 2. The predicted octanol–water partition coefficient (Wildman–Crippen LogP) is 4.84. The van der Waals surface area contributed by atoms with Crippen LogP contribution in [0.4, 0.5) is 5.82 Å². The lowest BCUT2D eigenvalue weighted by Crippen LogP contribution is -2.36. The lowest BCUT2D eigenvalue weighted by molar-refractivity contribution is -0.134. The molecular weight excluding hydrogens is 650 g/mol. The number of nitrogens with two attached hydrogens (primary N) is 1. The third-order valence-electron chi connectivity index (χ3n) is 7.80. The first-order valence-electron chi connectivity index (χ1n) is 15.3. The third kappa shape index (κ3) is 7.91. The number of anilines is 1. The summed E-state index contributed by atoms with van der Waals surface area (Å²) in [5.41, 5.74) is 9.01. The number of rotatable bonds is 8. The van der Waals surface area contributed by atoms with Gasteiger partial charge in [-0.2, -0.15) is 5.10 Å². The summed E-state index contributed by atoms with van der Waals surface area (Å²) in [6.45, 7) is 2.86. The van der Waals surface area contributed by atoms with E-state index in [1.807, 2.05) is 7.05 Å². The number of hydrogen-bond donors (Lipinski definition) is 4. The average molecular weight is 686 g/mol. The summed E-state index contributed by atoms with van der Waals surface area (Å²) in [5.74, 6) is -0.615. The maximum atomic E-state index is 13.5. The predicted molar refractivity (Wildman–Crippen MR) is 186 cm³/mol. The molecule has 3 aromatic carbocycles. The molecule has 13 nitrogen and oxygen atoms in total. The molecule has 49 heavy (non-hydrogen) atoms. The molecule has 1 fully saturated rings. The molecule has 254 valence electrons. The van der Waals surface area contributed by atoms with E-state index in [0.29, 0.717) is 39.5 Å². The summed E-state index contributed by atoms with van der Waals surface area (Å²) in [6, 6.07) is 19.0. The number of aromatic nitrogens is 3. The van der Waals surface area contributed by atoms with Gasteiger partial charge in [-0.05, 0) is 68.5 Å². The Kier molecular flexibility index (Phi) is 10.3. The van der Waals surface area contributed by atoms with Gasteiger partial charge in [0.1, 0.15) is 17.3 Å². The second-order valence-corrected chi connectivity index (χ2v) is 12.2. The number of aliphatic carboxylic acids is 1. The molecule has 2 amide bonds. The minimum atomic E-state index is -0.833. The minimum Gasteiger partial charge on any atom is -0.481 e. The number of carbonyl (C=O) groups is 4. The van der Waals surface area contributed by atoms with Crippen LogP contribution in [0, 0.1) is 0 Å². The molecule has 0 aliphatic carbocycles. The van der Waals surface area contributed by atoms with Crippen LogP contribution < -0.4 is 15.8 Å². The highest BCUT2D eigenvalue weighted by molar-refractivity contribution is 6.32. The molecule has 1 aliphatic heterocycles. The van der Waals surface area contributed by atoms with Crippen LogP contribution in [0.1, 0.15) is 50.1 Å². The van der Waals surface area contributed by atoms with E-state index in [9.17, 15) is 14.4 Å². The van der Waals surface area contributed by atoms with Crippen LogP contribution in [0.25, 0.3) is 16.6 Å². The maximum absolute atomic E-state index is 13.5. The van der Waals surface area contributed by atoms with Gasteiger partial charge in [-0.3, -0.25) is 19.2 Å². The number of carboxylic acid groups (broad SMARTS) is 1. The number of fused-ring (bicyclic) bond motifs is 1. The zero-order chi connectivity index (χ0) is 35.4. The molecule has 1 aliphatic rings. The van der Waals surface area contributed by atoms with Gasteiger partial charge in [0.2, 0.25) is 5.78 Å². The smallest absolute Gasteiger partial charge is 0.300 e. The highest BCUT2D eigenvalue weighted by Gasteiger charge is 2.24. The third-order valence-corrected chi connectivity index (χ3v) is 8.11. The van der Waals surface area contributed by atoms with Gasteiger partial charge < -0.3 is 35.7 Å². The fraction of sp³-hybridized carbons (Fsp3) is 0.229. The molecule has 14 heteroatoms. The number of H-pyrrole nitrogens is 1. The van der Waals surface area contributed by atoms with Crippen LogP contribution >= 0.6 is 11.6 Å². The van der Waals surface area contributed by atoms with E-state index >= 15 is 0 Å². The zero-order valence-corrected chi connectivity index (χ0v) is 28.1. The fourth-order valence-corrected chi connectivity index (χ4v) is 5.66. The molecule has 2 aromatic heterocycles. The molecular formula is C35H36ClN7O6. The van der Waals surface area contributed by atoms with E-state index in [2.05, 4.69) is 20.3 Å². The van der Waals surface area contributed by atoms with Crippen LogP contribution in [0.15, 0.2) is 72.9 Å². The number of nitrogens with one attached hydrogen (secondary N) is 2. The van der Waals surface area contributed by atoms with E-state index in [0.717, 1.165) is 31.8 Å². The van der Waals surface area contributed by atoms with Crippen molar-refractivity contribution in [2.45, 2.75) is 19.4 Å². The summed E-state index contributed by atoms with van der Waals surface area (Å²) in [4.78, 5) is 54.7. The Balaban J connectivity index is 0.00000111. The first kappa shape index (κ1) is 34.7. The van der Waals surface area contributed by atoms with Crippen LogP contribution in [0.2, 0.25) is 5.02 Å². The van der Waals surface area contributed by atoms with E-state index in [4.69, 9.17) is 32.0 Å². The molecule has 0 radical (unpaired) electrons. The molecule has 1 atom stereocenters. The molecule has 3 heterocycles. The van der Waals surface area contributed by atoms with Crippen molar-refractivity contribution in [1.82, 2.24) is 29.9 Å². The number of likely N-dealkylation sites (tertiary alicyclic amines) is 1. The van der Waals surface area contributed by atoms with Crippen LogP contribution in [-0.2, 0) is 4.79 Å². The summed E-state index contributed by atoms with van der Waals surface area (Å²) < 4.78 is 7.38. The second kappa shape index (κ2) is 14.6. The number of ketones is 1. The first-order chi connectivity index (χ1) is 23.3. The van der Waals surface area contributed by atoms with Crippen molar-refractivity contribution in [3.8, 4) is 17.2 Å². The molecule has 6 rings (SSSR count). The van der Waals surface area contributed by atoms with Crippen molar-refractivity contribution < 1.29 is 29.0 Å². The quantitative estimate of drug-likeness (QED) is 0.167. The van der Waals surface area contributed by atoms with Crippen LogP contribution in [0.5, 0.6) is 11.5 Å². The number of halogens is 1. The average Bonchev–Trinajstić information content (AvgIpc) is 3.78. The first-order valence-corrected chi connectivity index (χ1v) is 15.7. The second-order valence-electron chi connectivity index (χ2n) is 11.8. The topological polar surface area (TPSA) is 176 Å². The standard InChI is InChI=1S/C33H32ClN7O4.C2H4O2/c1-39(2)33(44)23-6-4-5-7-29(23)45-22-9-11-28(25(34)16-22)41-31(35)24(17-36-41)30(42)27-15-20-14-19(8-10-26(20)38-27)32(43)37-21-12-13-40(3)18-21;1-2(3)4/h4-11,14-17,21,38H,12-13,18,35H2,1-3H3,(H,37,43);1H3,(H,3,4). The Morgan fingerprint density at radius 2 is 1.80 bits per heavy atom. The summed E-state index contributed by atoms with van der Waals surface area (Å²) >= 11 is 6.62. The number of hydrogen-bond acceptors (Lipinski definition) is 8. The number of benzene rings is 3. The Bertz CT molecular complexity index is 2050. The Labute approximate surface area is 287 Å². The molecule has 5 N–H and O–H groups in total. The van der Waals surface area contributed by atoms with E-state index in [1.165, 1.54) is 15.8 Å². The Morgan fingerprint density at radius 1 is 1.06 bits per heavy atom. The lowest BCUT2D eigenvalue weighted by atomic mass is 10.1. The van der Waals surface area contributed by atoms with Gasteiger partial charge in [0.25, 0.3) is 17.8 Å². The van der Waals surface area contributed by atoms with Gasteiger partial charge in [0.15, 0.2) is 0 Å². The monoisotopic (exact) mass is 685 g/mol. The van der Waals surface area contributed by atoms with E-state index in [-0.39, 0.29) is 40.0 Å². The zero-order valence-electron chi connectivity index (χ0n) is 27.4. The summed E-state index contributed by atoms with van der Waals surface area (Å²) in [5, 5.41) is 15.8.